The molecule has 212 valence electrons. The first-order chi connectivity index (χ1) is 19.6. The molecular weight excluding hydrogens is 536 g/mol. The van der Waals surface area contributed by atoms with E-state index >= 15 is 0 Å². The zero-order valence-corrected chi connectivity index (χ0v) is 23.0. The van der Waals surface area contributed by atoms with Crippen molar-refractivity contribution < 1.29 is 28.5 Å². The molecule has 1 aliphatic carbocycles. The van der Waals surface area contributed by atoms with Crippen LogP contribution in [-0.4, -0.2) is 74.6 Å². The maximum atomic E-state index is 12.2. The van der Waals surface area contributed by atoms with Gasteiger partial charge in [0.15, 0.2) is 11.5 Å². The average molecular weight is 569 g/mol. The molecule has 0 bridgehead atoms. The van der Waals surface area contributed by atoms with Crippen LogP contribution in [0.15, 0.2) is 36.5 Å². The second kappa shape index (κ2) is 12.4. The molecule has 1 aromatic heterocycles. The average Bonchev–Trinajstić information content (AvgIpc) is 2.95. The molecule has 2 aromatic carbocycles. The minimum Gasteiger partial charge on any atom is -0.489 e. The molecule has 2 fully saturated rings. The van der Waals surface area contributed by atoms with E-state index < -0.39 is 0 Å². The molecule has 3 aromatic rings. The smallest absolute Gasteiger partial charge is 0.319 e. The number of halogens is 1. The number of nitrogens with zero attached hydrogens (tertiary/aromatic N) is 2. The van der Waals surface area contributed by atoms with Gasteiger partial charge in [-0.25, -0.2) is 4.79 Å². The number of benzene rings is 2. The lowest BCUT2D eigenvalue weighted by molar-refractivity contribution is 0.0357. The number of ether oxygens (including phenoxy) is 5. The van der Waals surface area contributed by atoms with Crippen LogP contribution in [0.4, 0.5) is 10.5 Å². The van der Waals surface area contributed by atoms with E-state index in [4.69, 9.17) is 35.3 Å². The number of hydrogen-bond donors (Lipinski definition) is 2. The minimum absolute atomic E-state index is 0.236. The van der Waals surface area contributed by atoms with Crippen molar-refractivity contribution in [2.24, 2.45) is 0 Å². The number of rotatable bonds is 9. The first kappa shape index (κ1) is 26.7. The number of carbonyl (C=O) groups excluding carboxylic acids is 1. The summed E-state index contributed by atoms with van der Waals surface area (Å²) in [4.78, 5) is 19.2. The predicted molar refractivity (Wildman–Crippen MR) is 151 cm³/mol. The highest BCUT2D eigenvalue weighted by Gasteiger charge is 2.25. The van der Waals surface area contributed by atoms with E-state index in [0.29, 0.717) is 70.2 Å². The van der Waals surface area contributed by atoms with Crippen LogP contribution >= 0.6 is 11.6 Å². The summed E-state index contributed by atoms with van der Waals surface area (Å²) in [5, 5.41) is 6.81. The van der Waals surface area contributed by atoms with Crippen LogP contribution < -0.4 is 29.6 Å². The van der Waals surface area contributed by atoms with E-state index in [9.17, 15) is 4.79 Å². The van der Waals surface area contributed by atoms with Crippen LogP contribution in [0, 0.1) is 0 Å². The lowest BCUT2D eigenvalue weighted by Crippen LogP contribution is -2.41. The molecule has 10 nitrogen and oxygen atoms in total. The number of pyridine rings is 1. The van der Waals surface area contributed by atoms with E-state index in [1.54, 1.807) is 30.5 Å². The highest BCUT2D eigenvalue weighted by atomic mass is 35.5. The monoisotopic (exact) mass is 568 g/mol. The number of aromatic nitrogens is 1. The number of fused-ring (bicyclic) bond motifs is 3. The lowest BCUT2D eigenvalue weighted by atomic mass is 9.93. The van der Waals surface area contributed by atoms with Gasteiger partial charge >= 0.3 is 6.03 Å². The highest BCUT2D eigenvalue weighted by Crippen LogP contribution is 2.48. The quantitative estimate of drug-likeness (QED) is 0.338. The summed E-state index contributed by atoms with van der Waals surface area (Å²) >= 11 is 6.48. The van der Waals surface area contributed by atoms with Crippen LogP contribution in [0.1, 0.15) is 25.7 Å². The Morgan fingerprint density at radius 1 is 1.05 bits per heavy atom. The van der Waals surface area contributed by atoms with E-state index in [2.05, 4.69) is 20.5 Å². The summed E-state index contributed by atoms with van der Waals surface area (Å²) in [5.74, 6) is 2.76. The SMILES string of the molecule is O=C(Nc1ccc(Oc2ccnc3cc(OCCCN4CCOCC4)c4c(c23)OCCO4)cc1Cl)NC1CCC1. The van der Waals surface area contributed by atoms with Crippen molar-refractivity contribution in [3.05, 3.63) is 41.6 Å². The molecule has 2 aliphatic heterocycles. The summed E-state index contributed by atoms with van der Waals surface area (Å²) < 4.78 is 29.9. The van der Waals surface area contributed by atoms with Crippen LogP contribution in [0.3, 0.4) is 0 Å². The standard InChI is InChI=1S/C29H33ClN4O6/c30-21-17-20(5-6-22(21)33-29(35)32-19-3-1-4-19)40-24-7-8-31-23-18-25(27-28(26(23)24)39-16-15-38-27)37-12-2-9-34-10-13-36-14-11-34/h5-8,17-19H,1-4,9-16H2,(H2,32,33,35). The normalized spacial score (nSPS) is 17.2. The summed E-state index contributed by atoms with van der Waals surface area (Å²) in [6.07, 6.45) is 5.73. The first-order valence-corrected chi connectivity index (χ1v) is 14.2. The van der Waals surface area contributed by atoms with E-state index in [0.717, 1.165) is 58.5 Å². The van der Waals surface area contributed by atoms with Crippen molar-refractivity contribution >= 4 is 34.2 Å². The molecule has 0 unspecified atom stereocenters. The third-order valence-corrected chi connectivity index (χ3v) is 7.59. The topological polar surface area (TPSA) is 103 Å². The predicted octanol–water partition coefficient (Wildman–Crippen LogP) is 5.23. The van der Waals surface area contributed by atoms with Crippen LogP contribution in [-0.2, 0) is 4.74 Å². The van der Waals surface area contributed by atoms with Gasteiger partial charge in [0, 0.05) is 44.0 Å². The first-order valence-electron chi connectivity index (χ1n) is 13.8. The molecule has 0 atom stereocenters. The molecule has 0 radical (unpaired) electrons. The van der Waals surface area contributed by atoms with Crippen molar-refractivity contribution in [1.29, 1.82) is 0 Å². The summed E-state index contributed by atoms with van der Waals surface area (Å²) in [6, 6.07) is 8.76. The Morgan fingerprint density at radius 3 is 2.65 bits per heavy atom. The number of anilines is 1. The molecule has 40 heavy (non-hydrogen) atoms. The van der Waals surface area contributed by atoms with Crippen molar-refractivity contribution in [2.45, 2.75) is 31.7 Å². The Bertz CT molecular complexity index is 1360. The molecule has 11 heteroatoms. The van der Waals surface area contributed by atoms with Crippen molar-refractivity contribution in [2.75, 3.05) is 58.0 Å². The van der Waals surface area contributed by atoms with Crippen LogP contribution in [0.2, 0.25) is 5.02 Å². The zero-order chi connectivity index (χ0) is 27.3. The maximum absolute atomic E-state index is 12.2. The Kier molecular flexibility index (Phi) is 8.27. The summed E-state index contributed by atoms with van der Waals surface area (Å²) in [6.45, 7) is 5.81. The van der Waals surface area contributed by atoms with Gasteiger partial charge in [0.05, 0.1) is 41.4 Å². The van der Waals surface area contributed by atoms with Gasteiger partial charge in [-0.1, -0.05) is 11.6 Å². The fourth-order valence-electron chi connectivity index (χ4n) is 4.95. The minimum atomic E-state index is -0.261. The van der Waals surface area contributed by atoms with E-state index in [1.807, 2.05) is 6.07 Å². The fraction of sp³-hybridized carbons (Fsp3) is 0.448. The van der Waals surface area contributed by atoms with Gasteiger partial charge in [0.2, 0.25) is 5.75 Å². The van der Waals surface area contributed by atoms with Crippen molar-refractivity contribution in [1.82, 2.24) is 15.2 Å². The summed E-state index contributed by atoms with van der Waals surface area (Å²) in [7, 11) is 0. The molecular formula is C29H33ClN4O6. The van der Waals surface area contributed by atoms with E-state index in [1.165, 1.54) is 0 Å². The fourth-order valence-corrected chi connectivity index (χ4v) is 5.16. The molecule has 3 aliphatic rings. The zero-order valence-electron chi connectivity index (χ0n) is 22.2. The van der Waals surface area contributed by atoms with Gasteiger partial charge in [0.1, 0.15) is 24.7 Å². The van der Waals surface area contributed by atoms with Crippen LogP contribution in [0.25, 0.3) is 10.9 Å². The number of nitrogens with one attached hydrogen (secondary N) is 2. The molecule has 6 rings (SSSR count). The largest absolute Gasteiger partial charge is 0.489 e. The Hall–Kier alpha value is -3.47. The van der Waals surface area contributed by atoms with Gasteiger partial charge < -0.3 is 34.3 Å². The van der Waals surface area contributed by atoms with E-state index in [-0.39, 0.29) is 12.1 Å². The number of carbonyl (C=O) groups is 1. The molecule has 1 saturated heterocycles. The summed E-state index contributed by atoms with van der Waals surface area (Å²) in [5.41, 5.74) is 1.18. The second-order valence-electron chi connectivity index (χ2n) is 10.1. The number of amides is 2. The molecule has 2 N–H and O–H groups in total. The van der Waals surface area contributed by atoms with Gasteiger partial charge in [-0.2, -0.15) is 0 Å². The second-order valence-corrected chi connectivity index (χ2v) is 10.5. The number of hydrogen-bond acceptors (Lipinski definition) is 8. The molecule has 2 amide bonds. The van der Waals surface area contributed by atoms with Gasteiger partial charge in [0.25, 0.3) is 0 Å². The van der Waals surface area contributed by atoms with Crippen molar-refractivity contribution in [3.63, 3.8) is 0 Å². The van der Waals surface area contributed by atoms with Gasteiger partial charge in [-0.15, -0.1) is 0 Å². The third-order valence-electron chi connectivity index (χ3n) is 7.28. The lowest BCUT2D eigenvalue weighted by Gasteiger charge is -2.26. The Balaban J connectivity index is 1.17. The number of morpholine rings is 1. The molecule has 3 heterocycles. The highest BCUT2D eigenvalue weighted by molar-refractivity contribution is 6.33. The van der Waals surface area contributed by atoms with Crippen molar-refractivity contribution in [3.8, 4) is 28.7 Å². The maximum Gasteiger partial charge on any atom is 0.319 e. The van der Waals surface area contributed by atoms with Crippen LogP contribution in [0.5, 0.6) is 28.7 Å². The Morgan fingerprint density at radius 2 is 1.88 bits per heavy atom. The molecule has 0 spiro atoms. The number of urea groups is 1. The Labute approximate surface area is 237 Å². The molecule has 1 saturated carbocycles. The third kappa shape index (κ3) is 6.14. The van der Waals surface area contributed by atoms with Gasteiger partial charge in [-0.3, -0.25) is 9.88 Å². The van der Waals surface area contributed by atoms with Gasteiger partial charge in [-0.05, 0) is 43.9 Å².